The number of anilines is 1. The number of hydrogen-bond acceptors (Lipinski definition) is 4. The van der Waals surface area contributed by atoms with Gasteiger partial charge in [-0.05, 0) is 44.0 Å². The van der Waals surface area contributed by atoms with E-state index in [1.165, 1.54) is 29.2 Å². The van der Waals surface area contributed by atoms with Crippen molar-refractivity contribution in [3.8, 4) is 0 Å². The second-order valence-corrected chi connectivity index (χ2v) is 11.2. The zero-order valence-corrected chi connectivity index (χ0v) is 23.0. The van der Waals surface area contributed by atoms with E-state index in [1.54, 1.807) is 25.1 Å². The van der Waals surface area contributed by atoms with Gasteiger partial charge in [0.25, 0.3) is 0 Å². The fourth-order valence-electron chi connectivity index (χ4n) is 3.61. The first kappa shape index (κ1) is 29.9. The van der Waals surface area contributed by atoms with Crippen LogP contribution in [0.15, 0.2) is 42.5 Å². The number of hydrogen-bond donors (Lipinski definition) is 1. The van der Waals surface area contributed by atoms with Gasteiger partial charge in [0.2, 0.25) is 21.8 Å². The normalized spacial score (nSPS) is 12.2. The number of halogens is 3. The van der Waals surface area contributed by atoms with Crippen LogP contribution in [0.5, 0.6) is 0 Å². The molecule has 0 saturated carbocycles. The number of unbranched alkanes of at least 4 members (excludes halogenated alkanes) is 1. The number of benzene rings is 2. The van der Waals surface area contributed by atoms with Crippen molar-refractivity contribution in [2.45, 2.75) is 52.1 Å². The summed E-state index contributed by atoms with van der Waals surface area (Å²) in [5.41, 5.74) is 0.419. The molecule has 1 atom stereocenters. The molecule has 0 aliphatic carbocycles. The maximum Gasteiger partial charge on any atom is 0.242 e. The van der Waals surface area contributed by atoms with E-state index < -0.39 is 21.9 Å². The summed E-state index contributed by atoms with van der Waals surface area (Å²) in [6.07, 6.45) is 2.73. The van der Waals surface area contributed by atoms with E-state index in [1.807, 2.05) is 6.92 Å². The van der Waals surface area contributed by atoms with Crippen LogP contribution >= 0.6 is 23.2 Å². The lowest BCUT2D eigenvalue weighted by atomic mass is 10.1. The quantitative estimate of drug-likeness (QED) is 0.349. The summed E-state index contributed by atoms with van der Waals surface area (Å²) < 4.78 is 39.8. The molecule has 0 heterocycles. The number of rotatable bonds is 13. The smallest absolute Gasteiger partial charge is 0.242 e. The molecule has 0 aliphatic heterocycles. The number of amides is 2. The van der Waals surface area contributed by atoms with Crippen LogP contribution in [0.1, 0.15) is 45.1 Å². The third-order valence-corrected chi connectivity index (χ3v) is 7.55. The van der Waals surface area contributed by atoms with Gasteiger partial charge < -0.3 is 10.2 Å². The highest BCUT2D eigenvalue weighted by molar-refractivity contribution is 7.92. The van der Waals surface area contributed by atoms with E-state index in [2.05, 4.69) is 5.32 Å². The molecule has 0 bridgehead atoms. The number of para-hydroxylation sites is 1. The second kappa shape index (κ2) is 13.8. The van der Waals surface area contributed by atoms with Gasteiger partial charge in [-0.3, -0.25) is 13.9 Å². The molecule has 7 nitrogen and oxygen atoms in total. The first-order valence-electron chi connectivity index (χ1n) is 11.7. The van der Waals surface area contributed by atoms with Crippen LogP contribution in [0.3, 0.4) is 0 Å². The minimum absolute atomic E-state index is 0.00279. The van der Waals surface area contributed by atoms with Crippen molar-refractivity contribution in [2.75, 3.05) is 23.7 Å². The highest BCUT2D eigenvalue weighted by Crippen LogP contribution is 2.27. The summed E-state index contributed by atoms with van der Waals surface area (Å²) in [6.45, 7) is 4.00. The minimum Gasteiger partial charge on any atom is -0.354 e. The van der Waals surface area contributed by atoms with Gasteiger partial charge in [0.1, 0.15) is 11.9 Å². The van der Waals surface area contributed by atoms with E-state index in [9.17, 15) is 22.4 Å². The highest BCUT2D eigenvalue weighted by Gasteiger charge is 2.28. The van der Waals surface area contributed by atoms with Gasteiger partial charge in [0.15, 0.2) is 0 Å². The zero-order valence-electron chi connectivity index (χ0n) is 20.6. The SMILES string of the molecule is CCCCNC(=O)C(C)N(Cc1c(Cl)cccc1Cl)C(=O)CCCN(c1ccccc1F)S(C)(=O)=O. The van der Waals surface area contributed by atoms with Crippen molar-refractivity contribution in [1.82, 2.24) is 10.2 Å². The first-order valence-corrected chi connectivity index (χ1v) is 14.3. The molecule has 0 spiro atoms. The molecule has 0 radical (unpaired) electrons. The molecule has 2 rings (SSSR count). The summed E-state index contributed by atoms with van der Waals surface area (Å²) in [7, 11) is -3.79. The lowest BCUT2D eigenvalue weighted by molar-refractivity contribution is -0.140. The van der Waals surface area contributed by atoms with Crippen LogP contribution < -0.4 is 9.62 Å². The lowest BCUT2D eigenvalue weighted by Gasteiger charge is -2.30. The summed E-state index contributed by atoms with van der Waals surface area (Å²) in [6, 6.07) is 9.71. The van der Waals surface area contributed by atoms with Crippen LogP contribution in [-0.2, 0) is 26.2 Å². The van der Waals surface area contributed by atoms with Gasteiger partial charge >= 0.3 is 0 Å². The second-order valence-electron chi connectivity index (χ2n) is 8.43. The van der Waals surface area contributed by atoms with Gasteiger partial charge in [-0.1, -0.05) is 54.7 Å². The zero-order chi connectivity index (χ0) is 26.9. The van der Waals surface area contributed by atoms with Crippen molar-refractivity contribution in [1.29, 1.82) is 0 Å². The van der Waals surface area contributed by atoms with Crippen LogP contribution in [0.2, 0.25) is 10.0 Å². The maximum atomic E-state index is 14.3. The molecule has 0 aromatic heterocycles. The molecule has 11 heteroatoms. The Bertz CT molecular complexity index is 1140. The predicted octanol–water partition coefficient (Wildman–Crippen LogP) is 5.01. The Hall–Kier alpha value is -2.36. The monoisotopic (exact) mass is 559 g/mol. The average Bonchev–Trinajstić information content (AvgIpc) is 2.81. The Balaban J connectivity index is 2.21. The molecule has 2 aromatic rings. The molecule has 1 N–H and O–H groups in total. The molecule has 1 unspecified atom stereocenters. The van der Waals surface area contributed by atoms with E-state index in [0.29, 0.717) is 22.2 Å². The Morgan fingerprint density at radius 2 is 1.69 bits per heavy atom. The maximum absolute atomic E-state index is 14.3. The predicted molar refractivity (Wildman–Crippen MR) is 142 cm³/mol. The minimum atomic E-state index is -3.79. The number of carbonyl (C=O) groups is 2. The van der Waals surface area contributed by atoms with Gasteiger partial charge in [-0.2, -0.15) is 0 Å². The molecule has 0 aliphatic rings. The van der Waals surface area contributed by atoms with Gasteiger partial charge in [-0.25, -0.2) is 12.8 Å². The van der Waals surface area contributed by atoms with Crippen molar-refractivity contribution in [3.05, 3.63) is 63.9 Å². The van der Waals surface area contributed by atoms with E-state index in [0.717, 1.165) is 23.4 Å². The Kier molecular flexibility index (Phi) is 11.5. The summed E-state index contributed by atoms with van der Waals surface area (Å²) in [4.78, 5) is 27.4. The largest absolute Gasteiger partial charge is 0.354 e. The van der Waals surface area contributed by atoms with Crippen molar-refractivity contribution < 1.29 is 22.4 Å². The van der Waals surface area contributed by atoms with Crippen LogP contribution in [0.25, 0.3) is 0 Å². The molecule has 0 fully saturated rings. The molecular weight excluding hydrogens is 528 g/mol. The van der Waals surface area contributed by atoms with Crippen LogP contribution in [0.4, 0.5) is 10.1 Å². The molecule has 0 saturated heterocycles. The van der Waals surface area contributed by atoms with Gasteiger partial charge in [-0.15, -0.1) is 0 Å². The highest BCUT2D eigenvalue weighted by atomic mass is 35.5. The Labute approximate surface area is 222 Å². The third kappa shape index (κ3) is 8.35. The number of sulfonamides is 1. The summed E-state index contributed by atoms with van der Waals surface area (Å²) in [5, 5.41) is 3.55. The fourth-order valence-corrected chi connectivity index (χ4v) is 5.09. The summed E-state index contributed by atoms with van der Waals surface area (Å²) in [5.74, 6) is -1.38. The van der Waals surface area contributed by atoms with E-state index in [-0.39, 0.29) is 43.4 Å². The number of carbonyl (C=O) groups excluding carboxylic acids is 2. The van der Waals surface area contributed by atoms with Crippen molar-refractivity contribution in [2.24, 2.45) is 0 Å². The molecule has 198 valence electrons. The summed E-state index contributed by atoms with van der Waals surface area (Å²) >= 11 is 12.6. The topological polar surface area (TPSA) is 86.8 Å². The number of nitrogens with zero attached hydrogens (tertiary/aromatic N) is 2. The van der Waals surface area contributed by atoms with E-state index >= 15 is 0 Å². The first-order chi connectivity index (χ1) is 17.0. The fraction of sp³-hybridized carbons (Fsp3) is 0.440. The average molecular weight is 561 g/mol. The van der Waals surface area contributed by atoms with Crippen LogP contribution in [0, 0.1) is 5.82 Å². The Morgan fingerprint density at radius 1 is 1.06 bits per heavy atom. The van der Waals surface area contributed by atoms with Crippen molar-refractivity contribution >= 4 is 50.7 Å². The molecule has 2 amide bonds. The van der Waals surface area contributed by atoms with Gasteiger partial charge in [0, 0.05) is 41.7 Å². The number of nitrogens with one attached hydrogen (secondary N) is 1. The molecular formula is C25H32Cl2FN3O4S. The van der Waals surface area contributed by atoms with Crippen molar-refractivity contribution in [3.63, 3.8) is 0 Å². The third-order valence-electron chi connectivity index (χ3n) is 5.66. The lowest BCUT2D eigenvalue weighted by Crippen LogP contribution is -2.48. The molecule has 2 aromatic carbocycles. The Morgan fingerprint density at radius 3 is 2.28 bits per heavy atom. The van der Waals surface area contributed by atoms with Gasteiger partial charge in [0.05, 0.1) is 11.9 Å². The van der Waals surface area contributed by atoms with Crippen LogP contribution in [-0.4, -0.2) is 50.5 Å². The standard InChI is InChI=1S/C25H32Cl2FN3O4S/c1-4-5-15-29-25(33)18(2)30(17-19-20(26)10-8-11-21(19)27)24(32)14-9-16-31(36(3,34)35)23-13-7-6-12-22(23)28/h6-8,10-13,18H,4-5,9,14-17H2,1-3H3,(H,29,33). The van der Waals surface area contributed by atoms with E-state index in [4.69, 9.17) is 23.2 Å². The molecule has 36 heavy (non-hydrogen) atoms.